The Balaban J connectivity index is 0.00000324. The van der Waals surface area contributed by atoms with Gasteiger partial charge in [-0.2, -0.15) is 0 Å². The highest BCUT2D eigenvalue weighted by atomic mass is 127. The van der Waals surface area contributed by atoms with Crippen molar-refractivity contribution < 1.29 is 4.74 Å². The number of benzene rings is 1. The van der Waals surface area contributed by atoms with Crippen LogP contribution in [-0.2, 0) is 0 Å². The first-order valence-electron chi connectivity index (χ1n) is 5.77. The van der Waals surface area contributed by atoms with E-state index in [2.05, 4.69) is 16.2 Å². The van der Waals surface area contributed by atoms with Crippen LogP contribution in [0.3, 0.4) is 0 Å². The maximum atomic E-state index is 5.81. The van der Waals surface area contributed by atoms with Gasteiger partial charge in [0.15, 0.2) is 5.96 Å². The minimum Gasteiger partial charge on any atom is -0.497 e. The van der Waals surface area contributed by atoms with Crippen molar-refractivity contribution in [3.63, 3.8) is 0 Å². The van der Waals surface area contributed by atoms with Gasteiger partial charge in [0.2, 0.25) is 0 Å². The summed E-state index contributed by atoms with van der Waals surface area (Å²) in [6, 6.07) is 7.23. The third-order valence-corrected chi connectivity index (χ3v) is 2.42. The van der Waals surface area contributed by atoms with E-state index in [4.69, 9.17) is 16.9 Å². The number of guanidine groups is 1. The average Bonchev–Trinajstić information content (AvgIpc) is 2.35. The molecule has 0 heterocycles. The highest BCUT2D eigenvalue weighted by molar-refractivity contribution is 14.0. The quantitative estimate of drug-likeness (QED) is 0.369. The van der Waals surface area contributed by atoms with Gasteiger partial charge >= 0.3 is 0 Å². The van der Waals surface area contributed by atoms with Crippen molar-refractivity contribution in [2.24, 2.45) is 16.6 Å². The summed E-state index contributed by atoms with van der Waals surface area (Å²) in [5, 5.41) is 2.99. The van der Waals surface area contributed by atoms with Crippen LogP contribution >= 0.6 is 24.0 Å². The molecule has 104 valence electrons. The number of aliphatic imine (C=N–C) groups is 1. The van der Waals surface area contributed by atoms with Gasteiger partial charge in [-0.25, -0.2) is 4.99 Å². The topological polar surface area (TPSA) is 59.6 Å². The molecule has 0 aliphatic heterocycles. The number of rotatable bonds is 4. The van der Waals surface area contributed by atoms with E-state index in [-0.39, 0.29) is 35.9 Å². The molecule has 1 aromatic rings. The lowest BCUT2D eigenvalue weighted by Gasteiger charge is -2.12. The number of anilines is 1. The molecule has 1 rings (SSSR count). The lowest BCUT2D eigenvalue weighted by molar-refractivity contribution is 0.415. The number of halogens is 1. The molecule has 1 unspecified atom stereocenters. The van der Waals surface area contributed by atoms with E-state index in [0.29, 0.717) is 5.96 Å². The molecule has 1 atom stereocenters. The molecular formula is C14H20IN3O. The van der Waals surface area contributed by atoms with Crippen LogP contribution in [0.4, 0.5) is 5.69 Å². The van der Waals surface area contributed by atoms with E-state index in [1.165, 1.54) is 0 Å². The molecule has 0 bridgehead atoms. The third-order valence-electron chi connectivity index (χ3n) is 2.42. The van der Waals surface area contributed by atoms with Crippen LogP contribution in [0.5, 0.6) is 5.75 Å². The standard InChI is InChI=1S/C14H19N3O.HI/c1-5-13(10(2)3)17-14(15)16-11-7-6-8-12(9-11)18-4;/h1,6-10,13H,2-4H3,(H3,15,16,17);1H. The Morgan fingerprint density at radius 1 is 1.47 bits per heavy atom. The van der Waals surface area contributed by atoms with Crippen molar-refractivity contribution in [2.45, 2.75) is 19.9 Å². The maximum Gasteiger partial charge on any atom is 0.194 e. The Morgan fingerprint density at radius 3 is 2.68 bits per heavy atom. The van der Waals surface area contributed by atoms with E-state index in [0.717, 1.165) is 11.4 Å². The van der Waals surface area contributed by atoms with Gasteiger partial charge in [0, 0.05) is 11.8 Å². The molecule has 0 saturated heterocycles. The van der Waals surface area contributed by atoms with Gasteiger partial charge < -0.3 is 15.8 Å². The molecule has 0 amide bonds. The van der Waals surface area contributed by atoms with E-state index in [1.807, 2.05) is 38.1 Å². The SMILES string of the molecule is C#CC(N=C(N)Nc1cccc(OC)c1)C(C)C.I. The molecule has 0 fully saturated rings. The summed E-state index contributed by atoms with van der Waals surface area (Å²) < 4.78 is 5.12. The number of hydrogen-bond donors (Lipinski definition) is 2. The monoisotopic (exact) mass is 373 g/mol. The summed E-state index contributed by atoms with van der Waals surface area (Å²) >= 11 is 0. The summed E-state index contributed by atoms with van der Waals surface area (Å²) in [6.07, 6.45) is 5.40. The van der Waals surface area contributed by atoms with Crippen molar-refractivity contribution in [1.29, 1.82) is 0 Å². The van der Waals surface area contributed by atoms with Gasteiger partial charge in [-0.05, 0) is 18.1 Å². The predicted molar refractivity (Wildman–Crippen MR) is 91.1 cm³/mol. The van der Waals surface area contributed by atoms with Crippen molar-refractivity contribution in [3.05, 3.63) is 24.3 Å². The summed E-state index contributed by atoms with van der Waals surface area (Å²) in [4.78, 5) is 4.25. The Kier molecular flexibility index (Phi) is 8.00. The van der Waals surface area contributed by atoms with Crippen LogP contribution in [0.25, 0.3) is 0 Å². The van der Waals surface area contributed by atoms with E-state index < -0.39 is 0 Å². The molecule has 0 aliphatic carbocycles. The summed E-state index contributed by atoms with van der Waals surface area (Å²) in [6.45, 7) is 4.01. The van der Waals surface area contributed by atoms with Crippen LogP contribution < -0.4 is 15.8 Å². The zero-order valence-corrected chi connectivity index (χ0v) is 13.7. The number of ether oxygens (including phenoxy) is 1. The lowest BCUT2D eigenvalue weighted by Crippen LogP contribution is -2.26. The Labute approximate surface area is 131 Å². The van der Waals surface area contributed by atoms with Crippen molar-refractivity contribution in [3.8, 4) is 18.1 Å². The molecule has 0 saturated carbocycles. The Bertz CT molecular complexity index is 466. The van der Waals surface area contributed by atoms with Crippen LogP contribution in [0.2, 0.25) is 0 Å². The Hall–Kier alpha value is -1.42. The molecule has 0 aliphatic rings. The van der Waals surface area contributed by atoms with Gasteiger partial charge in [0.05, 0.1) is 7.11 Å². The summed E-state index contributed by atoms with van der Waals surface area (Å²) in [5.41, 5.74) is 6.63. The molecular weight excluding hydrogens is 353 g/mol. The first-order valence-corrected chi connectivity index (χ1v) is 5.77. The van der Waals surface area contributed by atoms with Crippen LogP contribution in [-0.4, -0.2) is 19.1 Å². The fourth-order valence-electron chi connectivity index (χ4n) is 1.41. The van der Waals surface area contributed by atoms with Crippen LogP contribution in [0.15, 0.2) is 29.3 Å². The van der Waals surface area contributed by atoms with Gasteiger partial charge in [0.1, 0.15) is 11.8 Å². The van der Waals surface area contributed by atoms with Crippen molar-refractivity contribution in [2.75, 3.05) is 12.4 Å². The zero-order chi connectivity index (χ0) is 13.5. The number of nitrogens with two attached hydrogens (primary N) is 1. The predicted octanol–water partition coefficient (Wildman–Crippen LogP) is 2.70. The van der Waals surface area contributed by atoms with Gasteiger partial charge in [0.25, 0.3) is 0 Å². The largest absolute Gasteiger partial charge is 0.497 e. The summed E-state index contributed by atoms with van der Waals surface area (Å²) in [7, 11) is 1.61. The molecule has 0 radical (unpaired) electrons. The number of methoxy groups -OCH3 is 1. The van der Waals surface area contributed by atoms with Gasteiger partial charge in [-0.3, -0.25) is 0 Å². The minimum atomic E-state index is -0.219. The average molecular weight is 373 g/mol. The second-order valence-corrected chi connectivity index (χ2v) is 4.23. The molecule has 0 aromatic heterocycles. The molecule has 1 aromatic carbocycles. The van der Waals surface area contributed by atoms with Crippen LogP contribution in [0, 0.1) is 18.3 Å². The minimum absolute atomic E-state index is 0. The second-order valence-electron chi connectivity index (χ2n) is 4.23. The number of nitrogens with zero attached hydrogens (tertiary/aromatic N) is 1. The van der Waals surface area contributed by atoms with Crippen molar-refractivity contribution >= 4 is 35.6 Å². The fraction of sp³-hybridized carbons (Fsp3) is 0.357. The fourth-order valence-corrected chi connectivity index (χ4v) is 1.41. The zero-order valence-electron chi connectivity index (χ0n) is 11.4. The first-order chi connectivity index (χ1) is 8.56. The smallest absolute Gasteiger partial charge is 0.194 e. The van der Waals surface area contributed by atoms with E-state index >= 15 is 0 Å². The molecule has 4 nitrogen and oxygen atoms in total. The molecule has 3 N–H and O–H groups in total. The van der Waals surface area contributed by atoms with E-state index in [9.17, 15) is 0 Å². The highest BCUT2D eigenvalue weighted by Crippen LogP contribution is 2.16. The molecule has 0 spiro atoms. The maximum absolute atomic E-state index is 5.81. The summed E-state index contributed by atoms with van der Waals surface area (Å²) in [5.74, 6) is 3.92. The molecule has 5 heteroatoms. The number of terminal acetylenes is 1. The first kappa shape index (κ1) is 17.6. The van der Waals surface area contributed by atoms with Gasteiger partial charge in [-0.15, -0.1) is 30.4 Å². The van der Waals surface area contributed by atoms with E-state index in [1.54, 1.807) is 7.11 Å². The highest BCUT2D eigenvalue weighted by Gasteiger charge is 2.08. The normalized spacial score (nSPS) is 12.3. The van der Waals surface area contributed by atoms with Crippen molar-refractivity contribution in [1.82, 2.24) is 0 Å². The third kappa shape index (κ3) is 5.83. The molecule has 19 heavy (non-hydrogen) atoms. The second kappa shape index (κ2) is 8.64. The lowest BCUT2D eigenvalue weighted by atomic mass is 10.1. The van der Waals surface area contributed by atoms with Crippen LogP contribution in [0.1, 0.15) is 13.8 Å². The number of nitrogens with one attached hydrogen (secondary N) is 1. The van der Waals surface area contributed by atoms with Gasteiger partial charge in [-0.1, -0.05) is 25.8 Å². The Morgan fingerprint density at radius 2 is 2.16 bits per heavy atom. The number of hydrogen-bond acceptors (Lipinski definition) is 2.